The molecular weight excluding hydrogens is 363 g/mol. The minimum atomic E-state index is -1.10. The number of rotatable bonds is 13. The molecule has 0 saturated heterocycles. The number of benzene rings is 1. The Kier molecular flexibility index (Phi) is 10.8. The Morgan fingerprint density at radius 3 is 2.32 bits per heavy atom. The molecule has 6 nitrogen and oxygen atoms in total. The molecule has 156 valence electrons. The van der Waals surface area contributed by atoms with E-state index in [0.717, 1.165) is 32.1 Å². The smallest absolute Gasteiger partial charge is 0.326 e. The van der Waals surface area contributed by atoms with Gasteiger partial charge in [0, 0.05) is 13.3 Å². The predicted molar refractivity (Wildman–Crippen MR) is 105 cm³/mol. The fourth-order valence-electron chi connectivity index (χ4n) is 3.01. The first kappa shape index (κ1) is 23.6. The number of carboxylic acids is 1. The molecule has 0 radical (unpaired) electrons. The van der Waals surface area contributed by atoms with Gasteiger partial charge in [-0.25, -0.2) is 9.18 Å². The summed E-state index contributed by atoms with van der Waals surface area (Å²) in [7, 11) is 0. The van der Waals surface area contributed by atoms with E-state index in [0.29, 0.717) is 18.4 Å². The lowest BCUT2D eigenvalue weighted by molar-refractivity contribution is -0.142. The normalized spacial score (nSPS) is 12.8. The molecule has 0 aliphatic rings. The Labute approximate surface area is 165 Å². The van der Waals surface area contributed by atoms with Crippen LogP contribution in [0.15, 0.2) is 24.3 Å². The zero-order chi connectivity index (χ0) is 20.9. The maximum atomic E-state index is 13.4. The van der Waals surface area contributed by atoms with Crippen LogP contribution in [0.2, 0.25) is 0 Å². The molecule has 1 aromatic carbocycles. The van der Waals surface area contributed by atoms with Gasteiger partial charge in [0.1, 0.15) is 17.9 Å². The topological polar surface area (TPSA) is 95.5 Å². The summed E-state index contributed by atoms with van der Waals surface area (Å²) in [5.74, 6) is -2.54. The van der Waals surface area contributed by atoms with Gasteiger partial charge >= 0.3 is 5.97 Å². The van der Waals surface area contributed by atoms with Crippen LogP contribution in [0.5, 0.6) is 0 Å². The van der Waals surface area contributed by atoms with Gasteiger partial charge in [-0.1, -0.05) is 57.6 Å². The molecule has 0 bridgehead atoms. The molecule has 7 heteroatoms. The monoisotopic (exact) mass is 394 g/mol. The van der Waals surface area contributed by atoms with Crippen LogP contribution in [0.3, 0.4) is 0 Å². The second-order valence-corrected chi connectivity index (χ2v) is 7.04. The summed E-state index contributed by atoms with van der Waals surface area (Å²) in [6.07, 6.45) is 6.50. The lowest BCUT2D eigenvalue weighted by Gasteiger charge is -2.21. The van der Waals surface area contributed by atoms with E-state index in [1.165, 1.54) is 25.1 Å². The first-order valence-electron chi connectivity index (χ1n) is 9.88. The SMILES string of the molecule is CCCCCCCC[C@H](NC(=O)[C@H](Cc1cccc(F)c1)NC(C)=O)C(=O)O. The average molecular weight is 394 g/mol. The molecule has 2 atom stereocenters. The number of carboxylic acid groups (broad SMARTS) is 1. The first-order chi connectivity index (χ1) is 13.3. The molecule has 1 rings (SSSR count). The van der Waals surface area contributed by atoms with E-state index in [-0.39, 0.29) is 6.42 Å². The Balaban J connectivity index is 2.66. The number of amides is 2. The highest BCUT2D eigenvalue weighted by Gasteiger charge is 2.26. The number of unbranched alkanes of at least 4 members (excludes halogenated alkanes) is 5. The van der Waals surface area contributed by atoms with Gasteiger partial charge in [-0.2, -0.15) is 0 Å². The highest BCUT2D eigenvalue weighted by molar-refractivity contribution is 5.90. The quantitative estimate of drug-likeness (QED) is 0.448. The van der Waals surface area contributed by atoms with Crippen LogP contribution in [-0.4, -0.2) is 35.0 Å². The second kappa shape index (κ2) is 12.9. The number of carbonyl (C=O) groups is 3. The third-order valence-electron chi connectivity index (χ3n) is 4.48. The zero-order valence-corrected chi connectivity index (χ0v) is 16.7. The maximum Gasteiger partial charge on any atom is 0.326 e. The number of nitrogens with one attached hydrogen (secondary N) is 2. The molecule has 3 N–H and O–H groups in total. The third-order valence-corrected chi connectivity index (χ3v) is 4.48. The Morgan fingerprint density at radius 2 is 1.71 bits per heavy atom. The van der Waals surface area contributed by atoms with E-state index in [1.807, 2.05) is 0 Å². The first-order valence-corrected chi connectivity index (χ1v) is 9.88. The van der Waals surface area contributed by atoms with Crippen molar-refractivity contribution in [3.05, 3.63) is 35.6 Å². The Hall–Kier alpha value is -2.44. The molecule has 0 fully saturated rings. The van der Waals surface area contributed by atoms with Gasteiger partial charge in [-0.15, -0.1) is 0 Å². The van der Waals surface area contributed by atoms with Crippen molar-refractivity contribution in [2.45, 2.75) is 77.3 Å². The van der Waals surface area contributed by atoms with Crippen LogP contribution >= 0.6 is 0 Å². The van der Waals surface area contributed by atoms with Gasteiger partial charge in [-0.3, -0.25) is 9.59 Å². The van der Waals surface area contributed by atoms with Gasteiger partial charge in [0.25, 0.3) is 0 Å². The molecule has 2 amide bonds. The summed E-state index contributed by atoms with van der Waals surface area (Å²) in [5.41, 5.74) is 0.539. The zero-order valence-electron chi connectivity index (χ0n) is 16.7. The fraction of sp³-hybridized carbons (Fsp3) is 0.571. The summed E-state index contributed by atoms with van der Waals surface area (Å²) in [4.78, 5) is 35.5. The van der Waals surface area contributed by atoms with Crippen LogP contribution in [0, 0.1) is 5.82 Å². The fourth-order valence-corrected chi connectivity index (χ4v) is 3.01. The minimum Gasteiger partial charge on any atom is -0.480 e. The van der Waals surface area contributed by atoms with Crippen LogP contribution in [0.25, 0.3) is 0 Å². The maximum absolute atomic E-state index is 13.4. The molecule has 0 heterocycles. The van der Waals surface area contributed by atoms with Crippen LogP contribution in [0.4, 0.5) is 4.39 Å². The predicted octanol–water partition coefficient (Wildman–Crippen LogP) is 3.19. The van der Waals surface area contributed by atoms with Crippen molar-refractivity contribution in [3.8, 4) is 0 Å². The van der Waals surface area contributed by atoms with Crippen LogP contribution < -0.4 is 10.6 Å². The lowest BCUT2D eigenvalue weighted by Crippen LogP contribution is -2.52. The van der Waals surface area contributed by atoms with E-state index in [4.69, 9.17) is 0 Å². The molecule has 0 aliphatic carbocycles. The van der Waals surface area contributed by atoms with E-state index < -0.39 is 35.7 Å². The third kappa shape index (κ3) is 9.48. The van der Waals surface area contributed by atoms with E-state index in [2.05, 4.69) is 17.6 Å². The highest BCUT2D eigenvalue weighted by atomic mass is 19.1. The van der Waals surface area contributed by atoms with Gasteiger partial charge in [0.2, 0.25) is 11.8 Å². The average Bonchev–Trinajstić information content (AvgIpc) is 2.62. The second-order valence-electron chi connectivity index (χ2n) is 7.04. The lowest BCUT2D eigenvalue weighted by atomic mass is 10.0. The molecular formula is C21H31FN2O4. The summed E-state index contributed by atoms with van der Waals surface area (Å²) >= 11 is 0. The van der Waals surface area contributed by atoms with Gasteiger partial charge in [-0.05, 0) is 24.1 Å². The largest absolute Gasteiger partial charge is 0.480 e. The molecule has 28 heavy (non-hydrogen) atoms. The van der Waals surface area contributed by atoms with Gasteiger partial charge in [0.15, 0.2) is 0 Å². The van der Waals surface area contributed by atoms with E-state index >= 15 is 0 Å². The van der Waals surface area contributed by atoms with Gasteiger partial charge in [0.05, 0.1) is 0 Å². The van der Waals surface area contributed by atoms with E-state index in [9.17, 15) is 23.9 Å². The molecule has 0 saturated carbocycles. The van der Waals surface area contributed by atoms with Crippen molar-refractivity contribution in [1.82, 2.24) is 10.6 Å². The number of aliphatic carboxylic acids is 1. The summed E-state index contributed by atoms with van der Waals surface area (Å²) in [5, 5.41) is 14.4. The standard InChI is InChI=1S/C21H31FN2O4/c1-3-4-5-6-7-8-12-18(21(27)28)24-20(26)19(23-15(2)25)14-16-10-9-11-17(22)13-16/h9-11,13,18-19H,3-8,12,14H2,1-2H3,(H,23,25)(H,24,26)(H,27,28)/t18-,19-/m0/s1. The molecule has 0 aliphatic heterocycles. The molecule has 0 unspecified atom stereocenters. The van der Waals surface area contributed by atoms with E-state index in [1.54, 1.807) is 6.07 Å². The van der Waals surface area contributed by atoms with Crippen molar-refractivity contribution in [2.24, 2.45) is 0 Å². The van der Waals surface area contributed by atoms with Crippen molar-refractivity contribution in [2.75, 3.05) is 0 Å². The number of carbonyl (C=O) groups excluding carboxylic acids is 2. The minimum absolute atomic E-state index is 0.0759. The summed E-state index contributed by atoms with van der Waals surface area (Å²) in [6, 6.07) is 3.76. The number of hydrogen-bond donors (Lipinski definition) is 3. The van der Waals surface area contributed by atoms with Gasteiger partial charge < -0.3 is 15.7 Å². The summed E-state index contributed by atoms with van der Waals surface area (Å²) < 4.78 is 13.4. The number of hydrogen-bond acceptors (Lipinski definition) is 3. The Morgan fingerprint density at radius 1 is 1.04 bits per heavy atom. The van der Waals surface area contributed by atoms with Crippen molar-refractivity contribution in [1.29, 1.82) is 0 Å². The molecule has 0 aromatic heterocycles. The van der Waals surface area contributed by atoms with Crippen molar-refractivity contribution < 1.29 is 23.9 Å². The molecule has 1 aromatic rings. The molecule has 0 spiro atoms. The number of halogens is 1. The van der Waals surface area contributed by atoms with Crippen LogP contribution in [0.1, 0.15) is 64.4 Å². The van der Waals surface area contributed by atoms with Crippen molar-refractivity contribution in [3.63, 3.8) is 0 Å². The summed E-state index contributed by atoms with van der Waals surface area (Å²) in [6.45, 7) is 3.40. The van der Waals surface area contributed by atoms with Crippen molar-refractivity contribution >= 4 is 17.8 Å². The Bertz CT molecular complexity index is 651. The van der Waals surface area contributed by atoms with Crippen LogP contribution in [-0.2, 0) is 20.8 Å². The highest BCUT2D eigenvalue weighted by Crippen LogP contribution is 2.10.